The second-order valence-electron chi connectivity index (χ2n) is 5.17. The minimum atomic E-state index is -1.22. The van der Waals surface area contributed by atoms with E-state index in [0.29, 0.717) is 10.9 Å². The third-order valence-corrected chi connectivity index (χ3v) is 5.46. The first-order valence-corrected chi connectivity index (χ1v) is 8.32. The molecule has 0 aromatic heterocycles. The molecule has 0 amide bonds. The normalized spacial score (nSPS) is 25.2. The monoisotopic (exact) mass is 283 g/mol. The number of hydrogen-bond donors (Lipinski definition) is 1. The van der Waals surface area contributed by atoms with Crippen LogP contribution in [0.4, 0.5) is 4.39 Å². The average molecular weight is 283 g/mol. The van der Waals surface area contributed by atoms with Crippen LogP contribution in [-0.4, -0.2) is 22.0 Å². The number of nitrogens with one attached hydrogen (secondary N) is 1. The third-order valence-electron chi connectivity index (χ3n) is 3.67. The second-order valence-corrected chi connectivity index (χ2v) is 6.87. The van der Waals surface area contributed by atoms with Crippen LogP contribution < -0.4 is 5.32 Å². The molecule has 1 aliphatic rings. The van der Waals surface area contributed by atoms with Gasteiger partial charge in [0.25, 0.3) is 0 Å². The van der Waals surface area contributed by atoms with E-state index in [0.717, 1.165) is 38.6 Å². The van der Waals surface area contributed by atoms with Crippen LogP contribution in [0.1, 0.15) is 39.0 Å². The molecule has 3 atom stereocenters. The number of rotatable bonds is 5. The maximum atomic E-state index is 13.7. The van der Waals surface area contributed by atoms with Crippen molar-refractivity contribution in [3.8, 4) is 0 Å². The lowest BCUT2D eigenvalue weighted by molar-refractivity contribution is 0.377. The van der Waals surface area contributed by atoms with E-state index in [1.165, 1.54) is 6.07 Å². The van der Waals surface area contributed by atoms with Gasteiger partial charge in [-0.05, 0) is 44.4 Å². The van der Waals surface area contributed by atoms with E-state index in [1.807, 2.05) is 0 Å². The van der Waals surface area contributed by atoms with Crippen molar-refractivity contribution >= 4 is 10.8 Å². The molecule has 4 heteroatoms. The number of halogens is 1. The summed E-state index contributed by atoms with van der Waals surface area (Å²) in [6, 6.07) is 6.88. The fourth-order valence-corrected chi connectivity index (χ4v) is 4.28. The number of hydrogen-bond acceptors (Lipinski definition) is 2. The fourth-order valence-electron chi connectivity index (χ4n) is 2.66. The number of benzene rings is 1. The van der Waals surface area contributed by atoms with E-state index in [-0.39, 0.29) is 11.1 Å². The van der Waals surface area contributed by atoms with Crippen LogP contribution in [0.2, 0.25) is 0 Å². The Morgan fingerprint density at radius 3 is 2.89 bits per heavy atom. The standard InChI is InChI=1S/C15H22FNOS/c1-2-10-17-12-6-5-7-13(11-12)19(18)15-9-4-3-8-14(15)16/h3-4,8-9,12-13,17H,2,5-7,10-11H2,1H3. The highest BCUT2D eigenvalue weighted by molar-refractivity contribution is 7.85. The van der Waals surface area contributed by atoms with Gasteiger partial charge in [-0.2, -0.15) is 0 Å². The van der Waals surface area contributed by atoms with E-state index < -0.39 is 10.8 Å². The minimum absolute atomic E-state index is 0.0833. The third kappa shape index (κ3) is 3.86. The molecule has 0 spiro atoms. The van der Waals surface area contributed by atoms with Gasteiger partial charge in [-0.15, -0.1) is 0 Å². The van der Waals surface area contributed by atoms with Crippen LogP contribution in [0.15, 0.2) is 29.2 Å². The van der Waals surface area contributed by atoms with Gasteiger partial charge in [0.15, 0.2) is 0 Å². The second kappa shape index (κ2) is 7.15. The minimum Gasteiger partial charge on any atom is -0.314 e. The smallest absolute Gasteiger partial charge is 0.139 e. The lowest BCUT2D eigenvalue weighted by Gasteiger charge is -2.29. The highest BCUT2D eigenvalue weighted by Gasteiger charge is 2.27. The molecule has 0 heterocycles. The molecule has 2 nitrogen and oxygen atoms in total. The fraction of sp³-hybridized carbons (Fsp3) is 0.600. The first-order valence-electron chi connectivity index (χ1n) is 7.11. The van der Waals surface area contributed by atoms with Gasteiger partial charge in [-0.3, -0.25) is 4.21 Å². The lowest BCUT2D eigenvalue weighted by Crippen LogP contribution is -2.38. The van der Waals surface area contributed by atoms with Crippen molar-refractivity contribution in [2.24, 2.45) is 0 Å². The molecule has 0 aliphatic heterocycles. The van der Waals surface area contributed by atoms with Crippen LogP contribution in [0.25, 0.3) is 0 Å². The van der Waals surface area contributed by atoms with Crippen molar-refractivity contribution in [3.05, 3.63) is 30.1 Å². The molecule has 3 unspecified atom stereocenters. The van der Waals surface area contributed by atoms with Gasteiger partial charge >= 0.3 is 0 Å². The van der Waals surface area contributed by atoms with Gasteiger partial charge < -0.3 is 5.32 Å². The zero-order chi connectivity index (χ0) is 13.7. The summed E-state index contributed by atoms with van der Waals surface area (Å²) in [5, 5.41) is 3.58. The Balaban J connectivity index is 2.01. The van der Waals surface area contributed by atoms with Crippen molar-refractivity contribution in [1.29, 1.82) is 0 Å². The molecule has 19 heavy (non-hydrogen) atoms. The molecule has 0 saturated heterocycles. The highest BCUT2D eigenvalue weighted by Crippen LogP contribution is 2.27. The van der Waals surface area contributed by atoms with Crippen molar-refractivity contribution in [2.75, 3.05) is 6.54 Å². The Hall–Kier alpha value is -0.740. The summed E-state index contributed by atoms with van der Waals surface area (Å²) in [4.78, 5) is 0.364. The predicted octanol–water partition coefficient (Wildman–Crippen LogP) is 3.24. The van der Waals surface area contributed by atoms with E-state index >= 15 is 0 Å². The van der Waals surface area contributed by atoms with E-state index in [4.69, 9.17) is 0 Å². The van der Waals surface area contributed by atoms with Crippen LogP contribution in [-0.2, 0) is 10.8 Å². The maximum absolute atomic E-state index is 13.7. The molecule has 0 bridgehead atoms. The summed E-state index contributed by atoms with van der Waals surface area (Å²) in [6.07, 6.45) is 5.15. The molecule has 1 aromatic rings. The zero-order valence-corrected chi connectivity index (χ0v) is 12.2. The highest BCUT2D eigenvalue weighted by atomic mass is 32.2. The SMILES string of the molecule is CCCNC1CCCC(S(=O)c2ccccc2F)C1. The zero-order valence-electron chi connectivity index (χ0n) is 11.4. The Kier molecular flexibility index (Phi) is 5.52. The van der Waals surface area contributed by atoms with Crippen LogP contribution in [0, 0.1) is 5.82 Å². The van der Waals surface area contributed by atoms with Gasteiger partial charge in [-0.1, -0.05) is 25.5 Å². The Morgan fingerprint density at radius 1 is 1.37 bits per heavy atom. The van der Waals surface area contributed by atoms with Crippen LogP contribution in [0.3, 0.4) is 0 Å². The summed E-state index contributed by atoms with van der Waals surface area (Å²) in [6.45, 7) is 3.15. The van der Waals surface area contributed by atoms with E-state index in [2.05, 4.69) is 12.2 Å². The molecule has 1 aliphatic carbocycles. The molecule has 1 aromatic carbocycles. The topological polar surface area (TPSA) is 29.1 Å². The van der Waals surface area contributed by atoms with Crippen LogP contribution >= 0.6 is 0 Å². The molecule has 1 fully saturated rings. The average Bonchev–Trinajstić information content (AvgIpc) is 2.45. The first-order chi connectivity index (χ1) is 9.22. The molecule has 1 saturated carbocycles. The first kappa shape index (κ1) is 14.7. The summed E-state index contributed by atoms with van der Waals surface area (Å²) < 4.78 is 26.2. The lowest BCUT2D eigenvalue weighted by atomic mass is 9.95. The Morgan fingerprint density at radius 2 is 2.16 bits per heavy atom. The van der Waals surface area contributed by atoms with Gasteiger partial charge in [0.1, 0.15) is 5.82 Å². The molecule has 2 rings (SSSR count). The van der Waals surface area contributed by atoms with Crippen molar-refractivity contribution in [1.82, 2.24) is 5.32 Å². The summed E-state index contributed by atoms with van der Waals surface area (Å²) in [5.74, 6) is -0.343. The van der Waals surface area contributed by atoms with Gasteiger partial charge in [-0.25, -0.2) is 4.39 Å². The van der Waals surface area contributed by atoms with Crippen molar-refractivity contribution in [2.45, 2.75) is 55.2 Å². The molecular formula is C15H22FNOS. The molecular weight excluding hydrogens is 261 g/mol. The Bertz CT molecular complexity index is 438. The largest absolute Gasteiger partial charge is 0.314 e. The molecule has 1 N–H and O–H groups in total. The van der Waals surface area contributed by atoms with Gasteiger partial charge in [0.2, 0.25) is 0 Å². The maximum Gasteiger partial charge on any atom is 0.139 e. The van der Waals surface area contributed by atoms with Crippen molar-refractivity contribution < 1.29 is 8.60 Å². The quantitative estimate of drug-likeness (QED) is 0.899. The summed E-state index contributed by atoms with van der Waals surface area (Å²) in [7, 11) is -1.22. The molecule has 106 valence electrons. The van der Waals surface area contributed by atoms with Crippen LogP contribution in [0.5, 0.6) is 0 Å². The predicted molar refractivity (Wildman–Crippen MR) is 77.1 cm³/mol. The van der Waals surface area contributed by atoms with Gasteiger partial charge in [0, 0.05) is 11.3 Å². The molecule has 0 radical (unpaired) electrons. The summed E-state index contributed by atoms with van der Waals surface area (Å²) in [5.41, 5.74) is 0. The Labute approximate surface area is 117 Å². The van der Waals surface area contributed by atoms with E-state index in [9.17, 15) is 8.60 Å². The van der Waals surface area contributed by atoms with E-state index in [1.54, 1.807) is 18.2 Å². The van der Waals surface area contributed by atoms with Crippen molar-refractivity contribution in [3.63, 3.8) is 0 Å². The van der Waals surface area contributed by atoms with Gasteiger partial charge in [0.05, 0.1) is 15.7 Å². The summed E-state index contributed by atoms with van der Waals surface area (Å²) >= 11 is 0.